The molecule has 0 spiro atoms. The lowest BCUT2D eigenvalue weighted by Crippen LogP contribution is -2.40. The molecule has 1 heterocycles. The predicted octanol–water partition coefficient (Wildman–Crippen LogP) is 1.75. The van der Waals surface area contributed by atoms with Gasteiger partial charge in [0, 0.05) is 12.6 Å². The first-order chi connectivity index (χ1) is 9.24. The molecule has 4 nitrogen and oxygen atoms in total. The smallest absolute Gasteiger partial charge is 0.136 e. The van der Waals surface area contributed by atoms with Crippen LogP contribution in [-0.2, 0) is 6.54 Å². The van der Waals surface area contributed by atoms with Crippen LogP contribution in [0.1, 0.15) is 24.0 Å². The average Bonchev–Trinajstić information content (AvgIpc) is 2.48. The number of hydrogen-bond acceptors (Lipinski definition) is 4. The fourth-order valence-corrected chi connectivity index (χ4v) is 2.61. The Morgan fingerprint density at radius 3 is 2.79 bits per heavy atom. The summed E-state index contributed by atoms with van der Waals surface area (Å²) in [6.45, 7) is 3.07. The van der Waals surface area contributed by atoms with E-state index in [0.717, 1.165) is 19.6 Å². The number of methoxy groups -OCH3 is 1. The maximum absolute atomic E-state index is 9.10. The van der Waals surface area contributed by atoms with E-state index in [1.807, 2.05) is 18.2 Å². The highest BCUT2D eigenvalue weighted by molar-refractivity contribution is 5.45. The van der Waals surface area contributed by atoms with Crippen molar-refractivity contribution in [3.8, 4) is 11.8 Å². The Balaban J connectivity index is 2.04. The van der Waals surface area contributed by atoms with Crippen molar-refractivity contribution in [3.05, 3.63) is 29.3 Å². The molecular formula is C15H21N3O. The summed E-state index contributed by atoms with van der Waals surface area (Å²) in [6, 6.07) is 8.66. The minimum Gasteiger partial charge on any atom is -0.495 e. The summed E-state index contributed by atoms with van der Waals surface area (Å²) < 4.78 is 5.17. The molecule has 0 aliphatic carbocycles. The van der Waals surface area contributed by atoms with Gasteiger partial charge in [0.2, 0.25) is 0 Å². The van der Waals surface area contributed by atoms with Crippen LogP contribution in [0.4, 0.5) is 0 Å². The van der Waals surface area contributed by atoms with E-state index in [4.69, 9.17) is 10.00 Å². The van der Waals surface area contributed by atoms with Crippen molar-refractivity contribution in [1.82, 2.24) is 10.2 Å². The van der Waals surface area contributed by atoms with E-state index in [1.165, 1.54) is 18.4 Å². The molecule has 0 unspecified atom stereocenters. The van der Waals surface area contributed by atoms with E-state index in [1.54, 1.807) is 7.11 Å². The van der Waals surface area contributed by atoms with Crippen molar-refractivity contribution in [3.63, 3.8) is 0 Å². The molecule has 102 valence electrons. The highest BCUT2D eigenvalue weighted by Crippen LogP contribution is 2.21. The summed E-state index contributed by atoms with van der Waals surface area (Å²) in [5.74, 6) is 0.649. The van der Waals surface area contributed by atoms with Crippen molar-refractivity contribution in [2.45, 2.75) is 25.4 Å². The minimum absolute atomic E-state index is 0.610. The number of nitrogens with zero attached hydrogens (tertiary/aromatic N) is 2. The number of piperidine rings is 1. The number of nitrogens with one attached hydrogen (secondary N) is 1. The van der Waals surface area contributed by atoms with Crippen LogP contribution in [-0.4, -0.2) is 38.2 Å². The molecular weight excluding hydrogens is 238 g/mol. The molecule has 19 heavy (non-hydrogen) atoms. The maximum atomic E-state index is 9.10. The van der Waals surface area contributed by atoms with Crippen molar-refractivity contribution >= 4 is 0 Å². The van der Waals surface area contributed by atoms with Gasteiger partial charge in [-0.3, -0.25) is 4.90 Å². The molecule has 2 rings (SSSR count). The lowest BCUT2D eigenvalue weighted by molar-refractivity contribution is 0.192. The molecule has 1 aliphatic rings. The molecule has 0 aromatic heterocycles. The summed E-state index contributed by atoms with van der Waals surface area (Å²) in [5.41, 5.74) is 1.78. The molecule has 1 aliphatic heterocycles. The van der Waals surface area contributed by atoms with Crippen LogP contribution in [0.15, 0.2) is 18.2 Å². The monoisotopic (exact) mass is 259 g/mol. The second-order valence-corrected chi connectivity index (χ2v) is 5.04. The van der Waals surface area contributed by atoms with Gasteiger partial charge in [0.15, 0.2) is 0 Å². The molecule has 1 N–H and O–H groups in total. The number of nitriles is 1. The summed E-state index contributed by atoms with van der Waals surface area (Å²) in [6.07, 6.45) is 2.38. The topological polar surface area (TPSA) is 48.3 Å². The summed E-state index contributed by atoms with van der Waals surface area (Å²) in [4.78, 5) is 2.38. The van der Waals surface area contributed by atoms with Gasteiger partial charge in [-0.15, -0.1) is 0 Å². The van der Waals surface area contributed by atoms with E-state index in [0.29, 0.717) is 17.4 Å². The van der Waals surface area contributed by atoms with E-state index < -0.39 is 0 Å². The molecule has 0 bridgehead atoms. The lowest BCUT2D eigenvalue weighted by atomic mass is 10.0. The van der Waals surface area contributed by atoms with Gasteiger partial charge in [-0.25, -0.2) is 0 Å². The molecule has 0 amide bonds. The SMILES string of the molecule is COc1ccc(CN(C)C2CCNCC2)cc1C#N. The number of hydrogen-bond donors (Lipinski definition) is 1. The van der Waals surface area contributed by atoms with Gasteiger partial charge in [0.05, 0.1) is 12.7 Å². The van der Waals surface area contributed by atoms with Crippen LogP contribution < -0.4 is 10.1 Å². The standard InChI is InChI=1S/C15H21N3O/c1-18(14-5-7-17-8-6-14)11-12-3-4-15(19-2)13(9-12)10-16/h3-4,9,14,17H,5-8,11H2,1-2H3. The Labute approximate surface area is 115 Å². The van der Waals surface area contributed by atoms with E-state index in [-0.39, 0.29) is 0 Å². The molecule has 1 fully saturated rings. The first-order valence-corrected chi connectivity index (χ1v) is 6.72. The third kappa shape index (κ3) is 3.46. The molecule has 0 atom stereocenters. The number of benzene rings is 1. The zero-order valence-corrected chi connectivity index (χ0v) is 11.6. The number of rotatable bonds is 4. The number of ether oxygens (including phenoxy) is 1. The summed E-state index contributed by atoms with van der Waals surface area (Å²) >= 11 is 0. The molecule has 1 aromatic carbocycles. The molecule has 1 saturated heterocycles. The van der Waals surface area contributed by atoms with Gasteiger partial charge in [0.25, 0.3) is 0 Å². The fourth-order valence-electron chi connectivity index (χ4n) is 2.61. The zero-order chi connectivity index (χ0) is 13.7. The third-order valence-electron chi connectivity index (χ3n) is 3.75. The lowest BCUT2D eigenvalue weighted by Gasteiger charge is -2.31. The van der Waals surface area contributed by atoms with Gasteiger partial charge < -0.3 is 10.1 Å². The van der Waals surface area contributed by atoms with Gasteiger partial charge in [-0.1, -0.05) is 6.07 Å². The molecule has 1 aromatic rings. The second-order valence-electron chi connectivity index (χ2n) is 5.04. The Hall–Kier alpha value is -1.57. The summed E-state index contributed by atoms with van der Waals surface area (Å²) in [7, 11) is 3.75. The van der Waals surface area contributed by atoms with Crippen molar-refractivity contribution < 1.29 is 4.74 Å². The second kappa shape index (κ2) is 6.55. The van der Waals surface area contributed by atoms with Gasteiger partial charge in [-0.2, -0.15) is 5.26 Å². The maximum Gasteiger partial charge on any atom is 0.136 e. The van der Waals surface area contributed by atoms with Crippen LogP contribution in [0.5, 0.6) is 5.75 Å². The van der Waals surface area contributed by atoms with E-state index in [2.05, 4.69) is 23.3 Å². The molecule has 4 heteroatoms. The highest BCUT2D eigenvalue weighted by atomic mass is 16.5. The third-order valence-corrected chi connectivity index (χ3v) is 3.75. The minimum atomic E-state index is 0.610. The van der Waals surface area contributed by atoms with Crippen LogP contribution >= 0.6 is 0 Å². The molecule has 0 saturated carbocycles. The largest absolute Gasteiger partial charge is 0.495 e. The normalized spacial score (nSPS) is 16.3. The Bertz CT molecular complexity index is 461. The molecule has 0 radical (unpaired) electrons. The van der Waals surface area contributed by atoms with E-state index >= 15 is 0 Å². The Morgan fingerprint density at radius 1 is 1.42 bits per heavy atom. The van der Waals surface area contributed by atoms with Gasteiger partial charge in [-0.05, 0) is 50.7 Å². The van der Waals surface area contributed by atoms with Crippen LogP contribution in [0.2, 0.25) is 0 Å². The van der Waals surface area contributed by atoms with Crippen molar-refractivity contribution in [2.75, 3.05) is 27.2 Å². The fraction of sp³-hybridized carbons (Fsp3) is 0.533. The zero-order valence-electron chi connectivity index (χ0n) is 11.6. The van der Waals surface area contributed by atoms with Gasteiger partial charge >= 0.3 is 0 Å². The first-order valence-electron chi connectivity index (χ1n) is 6.72. The summed E-state index contributed by atoms with van der Waals surface area (Å²) in [5, 5.41) is 12.5. The predicted molar refractivity (Wildman–Crippen MR) is 75.1 cm³/mol. The van der Waals surface area contributed by atoms with Crippen molar-refractivity contribution in [1.29, 1.82) is 5.26 Å². The van der Waals surface area contributed by atoms with Gasteiger partial charge in [0.1, 0.15) is 11.8 Å². The van der Waals surface area contributed by atoms with E-state index in [9.17, 15) is 0 Å². The van der Waals surface area contributed by atoms with Crippen LogP contribution in [0.25, 0.3) is 0 Å². The van der Waals surface area contributed by atoms with Crippen molar-refractivity contribution in [2.24, 2.45) is 0 Å². The first kappa shape index (κ1) is 13.9. The average molecular weight is 259 g/mol. The Morgan fingerprint density at radius 2 is 2.16 bits per heavy atom. The quantitative estimate of drug-likeness (QED) is 0.895. The van der Waals surface area contributed by atoms with Crippen LogP contribution in [0, 0.1) is 11.3 Å². The Kier molecular flexibility index (Phi) is 4.78. The highest BCUT2D eigenvalue weighted by Gasteiger charge is 2.18. The van der Waals surface area contributed by atoms with Crippen LogP contribution in [0.3, 0.4) is 0 Å².